The Kier molecular flexibility index (Phi) is 1.13. The Hall–Kier alpha value is -0.330. The van der Waals surface area contributed by atoms with Gasteiger partial charge >= 0.3 is 0 Å². The first-order chi connectivity index (χ1) is 5.04. The SMILES string of the molecule is CC1(C)[C@H]2CC[C@]1(C)[C@@H]2C=O. The monoisotopic (exact) mass is 152 g/mol. The Balaban J connectivity index is 2.34. The van der Waals surface area contributed by atoms with Crippen LogP contribution >= 0.6 is 0 Å². The number of hydrogen-bond donors (Lipinski definition) is 0. The average Bonchev–Trinajstić information content (AvgIpc) is 2.38. The van der Waals surface area contributed by atoms with Crippen LogP contribution in [-0.2, 0) is 4.79 Å². The highest BCUT2D eigenvalue weighted by Crippen LogP contribution is 2.72. The predicted octanol–water partition coefficient (Wildman–Crippen LogP) is 2.26. The van der Waals surface area contributed by atoms with Gasteiger partial charge in [0, 0.05) is 5.92 Å². The molecule has 0 N–H and O–H groups in total. The Bertz CT molecular complexity index is 207. The van der Waals surface area contributed by atoms with Crippen LogP contribution in [0.1, 0.15) is 33.6 Å². The summed E-state index contributed by atoms with van der Waals surface area (Å²) < 4.78 is 0. The molecule has 2 bridgehead atoms. The molecular formula is C10H16O. The summed E-state index contributed by atoms with van der Waals surface area (Å²) in [5.74, 6) is 1.06. The lowest BCUT2D eigenvalue weighted by molar-refractivity contribution is -0.145. The number of rotatable bonds is 1. The minimum Gasteiger partial charge on any atom is -0.303 e. The van der Waals surface area contributed by atoms with Gasteiger partial charge in [0.1, 0.15) is 6.29 Å². The summed E-state index contributed by atoms with van der Waals surface area (Å²) in [6.45, 7) is 6.89. The Morgan fingerprint density at radius 3 is 2.18 bits per heavy atom. The van der Waals surface area contributed by atoms with Gasteiger partial charge in [-0.15, -0.1) is 0 Å². The summed E-state index contributed by atoms with van der Waals surface area (Å²) in [6.07, 6.45) is 3.71. The zero-order valence-electron chi connectivity index (χ0n) is 7.55. The highest BCUT2D eigenvalue weighted by Gasteiger charge is 2.68. The third-order valence-corrected chi connectivity index (χ3v) is 4.69. The summed E-state index contributed by atoms with van der Waals surface area (Å²) in [5, 5.41) is 0. The van der Waals surface area contributed by atoms with Crippen LogP contribution in [0.4, 0.5) is 0 Å². The van der Waals surface area contributed by atoms with Gasteiger partial charge in [0.15, 0.2) is 0 Å². The van der Waals surface area contributed by atoms with Gasteiger partial charge < -0.3 is 4.79 Å². The fourth-order valence-corrected chi connectivity index (χ4v) is 3.38. The van der Waals surface area contributed by atoms with E-state index < -0.39 is 0 Å². The average molecular weight is 152 g/mol. The van der Waals surface area contributed by atoms with Crippen molar-refractivity contribution in [3.8, 4) is 0 Å². The summed E-state index contributed by atoms with van der Waals surface area (Å²) in [4.78, 5) is 10.7. The van der Waals surface area contributed by atoms with Crippen molar-refractivity contribution in [1.29, 1.82) is 0 Å². The molecular weight excluding hydrogens is 136 g/mol. The molecule has 3 aliphatic rings. The van der Waals surface area contributed by atoms with Crippen molar-refractivity contribution < 1.29 is 4.79 Å². The minimum absolute atomic E-state index is 0.333. The largest absolute Gasteiger partial charge is 0.303 e. The number of fused-ring (bicyclic) bond motifs is 1. The molecule has 0 aromatic rings. The van der Waals surface area contributed by atoms with E-state index in [4.69, 9.17) is 0 Å². The second-order valence-electron chi connectivity index (χ2n) is 4.95. The molecule has 11 heavy (non-hydrogen) atoms. The van der Waals surface area contributed by atoms with E-state index in [2.05, 4.69) is 20.8 Å². The van der Waals surface area contributed by atoms with Crippen molar-refractivity contribution in [3.05, 3.63) is 0 Å². The van der Waals surface area contributed by atoms with Crippen molar-refractivity contribution in [2.75, 3.05) is 0 Å². The van der Waals surface area contributed by atoms with Crippen molar-refractivity contribution in [3.63, 3.8) is 0 Å². The molecule has 3 atom stereocenters. The molecule has 0 aromatic carbocycles. The summed E-state index contributed by atoms with van der Waals surface area (Å²) in [6, 6.07) is 0. The van der Waals surface area contributed by atoms with E-state index in [-0.39, 0.29) is 0 Å². The molecule has 0 heterocycles. The number of carbonyl (C=O) groups is 1. The molecule has 0 amide bonds. The van der Waals surface area contributed by atoms with Gasteiger partial charge in [0.05, 0.1) is 0 Å². The van der Waals surface area contributed by atoms with Gasteiger partial charge in [-0.1, -0.05) is 20.8 Å². The molecule has 0 aromatic heterocycles. The molecule has 0 radical (unpaired) electrons. The molecule has 3 aliphatic carbocycles. The maximum atomic E-state index is 10.7. The quantitative estimate of drug-likeness (QED) is 0.527. The van der Waals surface area contributed by atoms with Gasteiger partial charge in [-0.05, 0) is 29.6 Å². The molecule has 62 valence electrons. The van der Waals surface area contributed by atoms with E-state index in [1.165, 1.54) is 19.1 Å². The Labute approximate surface area is 68.2 Å². The number of hydrogen-bond acceptors (Lipinski definition) is 1. The smallest absolute Gasteiger partial charge is 0.123 e. The molecule has 3 fully saturated rings. The Morgan fingerprint density at radius 2 is 2.00 bits per heavy atom. The van der Waals surface area contributed by atoms with E-state index >= 15 is 0 Å². The predicted molar refractivity (Wildman–Crippen MR) is 44.2 cm³/mol. The third-order valence-electron chi connectivity index (χ3n) is 4.69. The molecule has 0 unspecified atom stereocenters. The molecule has 0 spiro atoms. The van der Waals surface area contributed by atoms with Crippen LogP contribution in [0.15, 0.2) is 0 Å². The van der Waals surface area contributed by atoms with Crippen molar-refractivity contribution >= 4 is 6.29 Å². The van der Waals surface area contributed by atoms with Crippen LogP contribution in [0, 0.1) is 22.7 Å². The van der Waals surface area contributed by atoms with Gasteiger partial charge in [0.2, 0.25) is 0 Å². The van der Waals surface area contributed by atoms with Gasteiger partial charge in [-0.2, -0.15) is 0 Å². The number of carbonyl (C=O) groups excluding carboxylic acids is 1. The van der Waals surface area contributed by atoms with Crippen molar-refractivity contribution in [1.82, 2.24) is 0 Å². The van der Waals surface area contributed by atoms with Crippen molar-refractivity contribution in [2.24, 2.45) is 22.7 Å². The van der Waals surface area contributed by atoms with E-state index in [1.54, 1.807) is 0 Å². The first-order valence-electron chi connectivity index (χ1n) is 4.49. The molecule has 1 heteroatoms. The summed E-state index contributed by atoms with van der Waals surface area (Å²) >= 11 is 0. The topological polar surface area (TPSA) is 17.1 Å². The van der Waals surface area contributed by atoms with E-state index in [0.29, 0.717) is 22.7 Å². The highest BCUT2D eigenvalue weighted by atomic mass is 16.1. The van der Waals surface area contributed by atoms with Crippen molar-refractivity contribution in [2.45, 2.75) is 33.6 Å². The zero-order chi connectivity index (χ0) is 8.28. The van der Waals surface area contributed by atoms with Gasteiger partial charge in [0.25, 0.3) is 0 Å². The lowest BCUT2D eigenvalue weighted by Crippen LogP contribution is -2.55. The van der Waals surface area contributed by atoms with Crippen LogP contribution in [0.2, 0.25) is 0 Å². The van der Waals surface area contributed by atoms with Crippen LogP contribution in [0.5, 0.6) is 0 Å². The van der Waals surface area contributed by atoms with Crippen LogP contribution < -0.4 is 0 Å². The van der Waals surface area contributed by atoms with Gasteiger partial charge in [-0.3, -0.25) is 0 Å². The normalized spacial score (nSPS) is 51.9. The fourth-order valence-electron chi connectivity index (χ4n) is 3.38. The molecule has 3 saturated carbocycles. The van der Waals surface area contributed by atoms with Crippen LogP contribution in [0.25, 0.3) is 0 Å². The standard InChI is InChI=1S/C10H16O/c1-9(2)7-4-5-10(9,3)8(7)6-11/h6-8H,4-5H2,1-3H3/t7-,8+,10+/m0/s1. The maximum absolute atomic E-state index is 10.7. The second kappa shape index (κ2) is 1.70. The molecule has 3 rings (SSSR count). The Morgan fingerprint density at radius 1 is 1.36 bits per heavy atom. The molecule has 1 nitrogen and oxygen atoms in total. The second-order valence-corrected chi connectivity index (χ2v) is 4.95. The van der Waals surface area contributed by atoms with E-state index in [0.717, 1.165) is 0 Å². The summed E-state index contributed by atoms with van der Waals surface area (Å²) in [7, 11) is 0. The first kappa shape index (κ1) is 7.33. The lowest BCUT2D eigenvalue weighted by Gasteiger charge is -2.57. The van der Waals surface area contributed by atoms with Crippen LogP contribution in [0.3, 0.4) is 0 Å². The van der Waals surface area contributed by atoms with E-state index in [1.807, 2.05) is 0 Å². The first-order valence-corrected chi connectivity index (χ1v) is 4.49. The summed E-state index contributed by atoms with van der Waals surface area (Å²) in [5.41, 5.74) is 0.762. The minimum atomic E-state index is 0.333. The molecule has 0 aliphatic heterocycles. The lowest BCUT2D eigenvalue weighted by atomic mass is 9.46. The number of aldehydes is 1. The van der Waals surface area contributed by atoms with Crippen LogP contribution in [-0.4, -0.2) is 6.29 Å². The maximum Gasteiger partial charge on any atom is 0.123 e. The van der Waals surface area contributed by atoms with E-state index in [9.17, 15) is 4.79 Å². The highest BCUT2D eigenvalue weighted by molar-refractivity contribution is 5.60. The third kappa shape index (κ3) is 0.533. The van der Waals surface area contributed by atoms with Gasteiger partial charge in [-0.25, -0.2) is 0 Å². The fraction of sp³-hybridized carbons (Fsp3) is 0.900. The molecule has 0 saturated heterocycles. The zero-order valence-corrected chi connectivity index (χ0v) is 7.55.